The molecule has 4 nitrogen and oxygen atoms in total. The van der Waals surface area contributed by atoms with Crippen molar-refractivity contribution in [2.75, 3.05) is 19.8 Å². The first-order chi connectivity index (χ1) is 8.72. The van der Waals surface area contributed by atoms with Crippen LogP contribution in [0, 0.1) is 0 Å². The number of hydrazine groups is 1. The van der Waals surface area contributed by atoms with E-state index in [1.807, 2.05) is 0 Å². The van der Waals surface area contributed by atoms with Crippen LogP contribution in [0.4, 0.5) is 8.78 Å². The van der Waals surface area contributed by atoms with E-state index in [2.05, 4.69) is 5.43 Å². The lowest BCUT2D eigenvalue weighted by atomic mass is 10.0. The highest BCUT2D eigenvalue weighted by Gasteiger charge is 2.16. The number of nitrogens with two attached hydrogens (primary N) is 1. The van der Waals surface area contributed by atoms with Crippen molar-refractivity contribution in [2.45, 2.75) is 57.1 Å². The van der Waals surface area contributed by atoms with E-state index in [-0.39, 0.29) is 6.04 Å². The van der Waals surface area contributed by atoms with Gasteiger partial charge < -0.3 is 9.47 Å². The Kier molecular flexibility index (Phi) is 8.41. The number of rotatable bonds is 10. The Hall–Kier alpha value is -0.300. The summed E-state index contributed by atoms with van der Waals surface area (Å²) in [4.78, 5) is 0. The van der Waals surface area contributed by atoms with Crippen LogP contribution in [0.25, 0.3) is 0 Å². The van der Waals surface area contributed by atoms with Gasteiger partial charge in [0.05, 0.1) is 6.10 Å². The predicted molar refractivity (Wildman–Crippen MR) is 65.4 cm³/mol. The van der Waals surface area contributed by atoms with Crippen LogP contribution in [-0.2, 0) is 9.47 Å². The van der Waals surface area contributed by atoms with E-state index >= 15 is 0 Å². The van der Waals surface area contributed by atoms with Gasteiger partial charge in [-0.25, -0.2) is 8.78 Å². The summed E-state index contributed by atoms with van der Waals surface area (Å²) >= 11 is 0. The number of nitrogens with one attached hydrogen (secondary N) is 1. The van der Waals surface area contributed by atoms with E-state index in [1.54, 1.807) is 0 Å². The standard InChI is InChI=1S/C12H24F2N2O2/c13-12(14)9-17-8-6-10(16-15)3-1-4-11-5-2-7-18-11/h10-12,16H,1-9,15H2. The molecule has 0 bridgehead atoms. The number of hydrogen-bond donors (Lipinski definition) is 2. The van der Waals surface area contributed by atoms with Crippen LogP contribution in [0.5, 0.6) is 0 Å². The van der Waals surface area contributed by atoms with E-state index in [1.165, 1.54) is 0 Å². The van der Waals surface area contributed by atoms with Gasteiger partial charge >= 0.3 is 0 Å². The summed E-state index contributed by atoms with van der Waals surface area (Å²) in [6, 6.07) is 0.129. The van der Waals surface area contributed by atoms with E-state index in [4.69, 9.17) is 15.3 Å². The van der Waals surface area contributed by atoms with Crippen molar-refractivity contribution in [1.29, 1.82) is 0 Å². The van der Waals surface area contributed by atoms with Crippen molar-refractivity contribution in [3.05, 3.63) is 0 Å². The second-order valence-corrected chi connectivity index (χ2v) is 4.68. The third kappa shape index (κ3) is 7.20. The van der Waals surface area contributed by atoms with E-state index < -0.39 is 13.0 Å². The maximum absolute atomic E-state index is 11.8. The van der Waals surface area contributed by atoms with Gasteiger partial charge in [-0.3, -0.25) is 11.3 Å². The highest BCUT2D eigenvalue weighted by atomic mass is 19.3. The quantitative estimate of drug-likeness (QED) is 0.360. The molecule has 0 aromatic carbocycles. The minimum Gasteiger partial charge on any atom is -0.378 e. The molecule has 1 aliphatic rings. The molecule has 0 aliphatic carbocycles. The SMILES string of the molecule is NNC(CCCC1CCCO1)CCOCC(F)F. The van der Waals surface area contributed by atoms with Crippen LogP contribution in [0.15, 0.2) is 0 Å². The maximum atomic E-state index is 11.8. The number of alkyl halides is 2. The minimum atomic E-state index is -2.39. The molecule has 0 aromatic heterocycles. The number of halogens is 2. The zero-order chi connectivity index (χ0) is 13.2. The van der Waals surface area contributed by atoms with E-state index in [0.29, 0.717) is 19.1 Å². The molecule has 0 spiro atoms. The molecule has 1 rings (SSSR count). The molecule has 1 aliphatic heterocycles. The Morgan fingerprint density at radius 1 is 1.39 bits per heavy atom. The summed E-state index contributed by atoms with van der Waals surface area (Å²) in [6.45, 7) is 0.705. The Morgan fingerprint density at radius 2 is 2.22 bits per heavy atom. The first-order valence-electron chi connectivity index (χ1n) is 6.66. The molecule has 2 unspecified atom stereocenters. The van der Waals surface area contributed by atoms with Gasteiger partial charge in [-0.05, 0) is 38.5 Å². The third-order valence-electron chi connectivity index (χ3n) is 3.19. The molecule has 6 heteroatoms. The van der Waals surface area contributed by atoms with Gasteiger partial charge in [-0.15, -0.1) is 0 Å². The molecular weight excluding hydrogens is 242 g/mol. The molecule has 1 fully saturated rings. The average Bonchev–Trinajstić information content (AvgIpc) is 2.85. The molecule has 3 N–H and O–H groups in total. The third-order valence-corrected chi connectivity index (χ3v) is 3.19. The summed E-state index contributed by atoms with van der Waals surface area (Å²) in [5, 5.41) is 0. The fourth-order valence-corrected chi connectivity index (χ4v) is 2.17. The number of hydrogen-bond acceptors (Lipinski definition) is 4. The van der Waals surface area contributed by atoms with Gasteiger partial charge in [0.2, 0.25) is 0 Å². The van der Waals surface area contributed by atoms with Crippen molar-refractivity contribution in [1.82, 2.24) is 5.43 Å². The summed E-state index contributed by atoms with van der Waals surface area (Å²) in [6.07, 6.45) is 3.99. The van der Waals surface area contributed by atoms with Crippen LogP contribution in [0.3, 0.4) is 0 Å². The minimum absolute atomic E-state index is 0.129. The van der Waals surface area contributed by atoms with Gasteiger partial charge in [0, 0.05) is 19.3 Å². The zero-order valence-corrected chi connectivity index (χ0v) is 10.7. The number of ether oxygens (including phenoxy) is 2. The van der Waals surface area contributed by atoms with E-state index in [9.17, 15) is 8.78 Å². The molecule has 1 heterocycles. The zero-order valence-electron chi connectivity index (χ0n) is 10.7. The second kappa shape index (κ2) is 9.61. The van der Waals surface area contributed by atoms with Crippen molar-refractivity contribution >= 4 is 0 Å². The lowest BCUT2D eigenvalue weighted by Crippen LogP contribution is -2.36. The summed E-state index contributed by atoms with van der Waals surface area (Å²) in [7, 11) is 0. The Labute approximate surface area is 107 Å². The van der Waals surface area contributed by atoms with Crippen molar-refractivity contribution in [2.24, 2.45) is 5.84 Å². The fraction of sp³-hybridized carbons (Fsp3) is 1.00. The molecular formula is C12H24F2N2O2. The highest BCUT2D eigenvalue weighted by molar-refractivity contribution is 4.68. The van der Waals surface area contributed by atoms with Gasteiger partial charge in [0.25, 0.3) is 6.43 Å². The summed E-state index contributed by atoms with van der Waals surface area (Å²) in [5.74, 6) is 5.42. The van der Waals surface area contributed by atoms with Crippen LogP contribution in [0.1, 0.15) is 38.5 Å². The average molecular weight is 266 g/mol. The fourth-order valence-electron chi connectivity index (χ4n) is 2.17. The van der Waals surface area contributed by atoms with Gasteiger partial charge in [0.1, 0.15) is 6.61 Å². The largest absolute Gasteiger partial charge is 0.378 e. The normalized spacial score (nSPS) is 21.7. The highest BCUT2D eigenvalue weighted by Crippen LogP contribution is 2.18. The summed E-state index contributed by atoms with van der Waals surface area (Å²) in [5.41, 5.74) is 2.71. The lowest BCUT2D eigenvalue weighted by molar-refractivity contribution is 0.0140. The molecule has 0 saturated carbocycles. The molecule has 18 heavy (non-hydrogen) atoms. The van der Waals surface area contributed by atoms with Crippen LogP contribution >= 0.6 is 0 Å². The van der Waals surface area contributed by atoms with Crippen LogP contribution < -0.4 is 11.3 Å². The van der Waals surface area contributed by atoms with Crippen molar-refractivity contribution < 1.29 is 18.3 Å². The predicted octanol–water partition coefficient (Wildman–Crippen LogP) is 1.84. The van der Waals surface area contributed by atoms with Gasteiger partial charge in [-0.1, -0.05) is 0 Å². The Morgan fingerprint density at radius 3 is 2.83 bits per heavy atom. The second-order valence-electron chi connectivity index (χ2n) is 4.68. The molecule has 0 aromatic rings. The van der Waals surface area contributed by atoms with Crippen LogP contribution in [0.2, 0.25) is 0 Å². The van der Waals surface area contributed by atoms with Crippen molar-refractivity contribution in [3.63, 3.8) is 0 Å². The Balaban J connectivity index is 1.98. The van der Waals surface area contributed by atoms with Crippen LogP contribution in [-0.4, -0.2) is 38.4 Å². The van der Waals surface area contributed by atoms with Gasteiger partial charge in [0.15, 0.2) is 0 Å². The van der Waals surface area contributed by atoms with Gasteiger partial charge in [-0.2, -0.15) is 0 Å². The Bertz CT molecular complexity index is 203. The molecule has 2 atom stereocenters. The first-order valence-corrected chi connectivity index (χ1v) is 6.66. The smallest absolute Gasteiger partial charge is 0.261 e. The molecule has 108 valence electrons. The topological polar surface area (TPSA) is 56.5 Å². The molecule has 1 saturated heterocycles. The van der Waals surface area contributed by atoms with Crippen molar-refractivity contribution in [3.8, 4) is 0 Å². The van der Waals surface area contributed by atoms with E-state index in [0.717, 1.165) is 38.7 Å². The maximum Gasteiger partial charge on any atom is 0.261 e. The molecule has 0 radical (unpaired) electrons. The molecule has 0 amide bonds. The lowest BCUT2D eigenvalue weighted by Gasteiger charge is -2.17. The summed E-state index contributed by atoms with van der Waals surface area (Å²) < 4.78 is 34.0. The first kappa shape index (κ1) is 15.8. The monoisotopic (exact) mass is 266 g/mol.